The number of para-hydroxylation sites is 1. The van der Waals surface area contributed by atoms with Crippen molar-refractivity contribution in [3.8, 4) is 0 Å². The fourth-order valence-corrected chi connectivity index (χ4v) is 2.19. The molecule has 1 heterocycles. The predicted octanol–water partition coefficient (Wildman–Crippen LogP) is 2.46. The minimum atomic E-state index is -1.02. The topological polar surface area (TPSA) is 79.3 Å². The number of hydrogen-bond donors (Lipinski definition) is 2. The fraction of sp³-hybridized carbons (Fsp3) is 0.312. The molecular weight excluding hydrogens is 268 g/mol. The standard InChI is InChI=1S/C16H18N2O3/c1-3-10(2)13(16(20)21)18-15(19)12-8-4-6-11-7-5-9-17-14(11)12/h4-10,13H,3H2,1-2H3,(H,18,19)(H,20,21)/t10?,13-/m0/s1. The van der Waals surface area contributed by atoms with Gasteiger partial charge in [-0.1, -0.05) is 38.5 Å². The molecule has 0 aliphatic rings. The minimum Gasteiger partial charge on any atom is -0.480 e. The number of carboxylic acid groups (broad SMARTS) is 1. The first-order chi connectivity index (χ1) is 10.0. The molecule has 0 fully saturated rings. The Balaban J connectivity index is 2.32. The number of aromatic nitrogens is 1. The lowest BCUT2D eigenvalue weighted by atomic mass is 9.98. The Labute approximate surface area is 123 Å². The number of pyridine rings is 1. The van der Waals surface area contributed by atoms with E-state index in [1.807, 2.05) is 19.1 Å². The number of hydrogen-bond acceptors (Lipinski definition) is 3. The highest BCUT2D eigenvalue weighted by Crippen LogP contribution is 2.17. The fourth-order valence-electron chi connectivity index (χ4n) is 2.19. The van der Waals surface area contributed by atoms with Gasteiger partial charge in [0, 0.05) is 11.6 Å². The summed E-state index contributed by atoms with van der Waals surface area (Å²) in [5, 5.41) is 12.7. The second-order valence-corrected chi connectivity index (χ2v) is 5.06. The molecule has 21 heavy (non-hydrogen) atoms. The van der Waals surface area contributed by atoms with E-state index in [0.29, 0.717) is 17.5 Å². The van der Waals surface area contributed by atoms with Crippen LogP contribution in [0.1, 0.15) is 30.6 Å². The van der Waals surface area contributed by atoms with Crippen molar-refractivity contribution in [3.05, 3.63) is 42.1 Å². The zero-order chi connectivity index (χ0) is 15.4. The summed E-state index contributed by atoms with van der Waals surface area (Å²) < 4.78 is 0. The van der Waals surface area contributed by atoms with Crippen LogP contribution in [0.25, 0.3) is 10.9 Å². The van der Waals surface area contributed by atoms with E-state index in [9.17, 15) is 14.7 Å². The first kappa shape index (κ1) is 15.0. The van der Waals surface area contributed by atoms with Gasteiger partial charge in [-0.2, -0.15) is 0 Å². The summed E-state index contributed by atoms with van der Waals surface area (Å²) in [6.07, 6.45) is 2.29. The third-order valence-electron chi connectivity index (χ3n) is 3.64. The van der Waals surface area contributed by atoms with Crippen LogP contribution < -0.4 is 5.32 Å². The Morgan fingerprint density at radius 2 is 2.00 bits per heavy atom. The van der Waals surface area contributed by atoms with E-state index in [4.69, 9.17) is 0 Å². The molecule has 5 heteroatoms. The predicted molar refractivity (Wildman–Crippen MR) is 80.1 cm³/mol. The molecule has 2 N–H and O–H groups in total. The Bertz CT molecular complexity index is 664. The number of fused-ring (bicyclic) bond motifs is 1. The van der Waals surface area contributed by atoms with Crippen LogP contribution in [0.2, 0.25) is 0 Å². The number of aliphatic carboxylic acids is 1. The summed E-state index contributed by atoms with van der Waals surface area (Å²) >= 11 is 0. The third kappa shape index (κ3) is 3.18. The normalized spacial score (nSPS) is 13.6. The summed E-state index contributed by atoms with van der Waals surface area (Å²) in [5.41, 5.74) is 0.966. The van der Waals surface area contributed by atoms with E-state index in [-0.39, 0.29) is 5.92 Å². The molecule has 1 amide bonds. The highest BCUT2D eigenvalue weighted by molar-refractivity contribution is 6.06. The van der Waals surface area contributed by atoms with Crippen LogP contribution >= 0.6 is 0 Å². The summed E-state index contributed by atoms with van der Waals surface area (Å²) in [7, 11) is 0. The van der Waals surface area contributed by atoms with Crippen molar-refractivity contribution in [2.24, 2.45) is 5.92 Å². The first-order valence-electron chi connectivity index (χ1n) is 6.92. The molecule has 0 saturated heterocycles. The molecule has 2 rings (SSSR count). The third-order valence-corrected chi connectivity index (χ3v) is 3.64. The number of carbonyl (C=O) groups is 2. The van der Waals surface area contributed by atoms with Crippen molar-refractivity contribution in [1.29, 1.82) is 0 Å². The van der Waals surface area contributed by atoms with Crippen LogP contribution in [0.3, 0.4) is 0 Å². The Hall–Kier alpha value is -2.43. The van der Waals surface area contributed by atoms with Crippen molar-refractivity contribution >= 4 is 22.8 Å². The number of rotatable bonds is 5. The molecule has 5 nitrogen and oxygen atoms in total. The Morgan fingerprint density at radius 3 is 2.67 bits per heavy atom. The number of carboxylic acids is 1. The van der Waals surface area contributed by atoms with Crippen LogP contribution in [0.5, 0.6) is 0 Å². The maximum Gasteiger partial charge on any atom is 0.326 e. The lowest BCUT2D eigenvalue weighted by molar-refractivity contribution is -0.140. The second-order valence-electron chi connectivity index (χ2n) is 5.06. The van der Waals surface area contributed by atoms with Crippen molar-refractivity contribution in [1.82, 2.24) is 10.3 Å². The molecular formula is C16H18N2O3. The smallest absolute Gasteiger partial charge is 0.326 e. The monoisotopic (exact) mass is 286 g/mol. The van der Waals surface area contributed by atoms with Gasteiger partial charge in [-0.05, 0) is 18.1 Å². The molecule has 0 saturated carbocycles. The van der Waals surface area contributed by atoms with Crippen molar-refractivity contribution < 1.29 is 14.7 Å². The van der Waals surface area contributed by atoms with Crippen LogP contribution in [0.15, 0.2) is 36.5 Å². The summed E-state index contributed by atoms with van der Waals surface area (Å²) in [4.78, 5) is 27.9. The lowest BCUT2D eigenvalue weighted by Gasteiger charge is -2.20. The van der Waals surface area contributed by atoms with Crippen LogP contribution in [-0.2, 0) is 4.79 Å². The van der Waals surface area contributed by atoms with Crippen molar-refractivity contribution in [2.45, 2.75) is 26.3 Å². The highest BCUT2D eigenvalue weighted by atomic mass is 16.4. The Morgan fingerprint density at radius 1 is 1.29 bits per heavy atom. The zero-order valence-electron chi connectivity index (χ0n) is 12.0. The van der Waals surface area contributed by atoms with E-state index in [2.05, 4.69) is 10.3 Å². The van der Waals surface area contributed by atoms with Gasteiger partial charge in [0.05, 0.1) is 11.1 Å². The molecule has 0 spiro atoms. The molecule has 110 valence electrons. The van der Waals surface area contributed by atoms with Crippen molar-refractivity contribution in [2.75, 3.05) is 0 Å². The molecule has 1 aromatic heterocycles. The summed E-state index contributed by atoms with van der Waals surface area (Å²) in [6.45, 7) is 3.70. The van der Waals surface area contributed by atoms with E-state index in [0.717, 1.165) is 5.39 Å². The molecule has 1 unspecified atom stereocenters. The second kappa shape index (κ2) is 6.35. The van der Waals surface area contributed by atoms with E-state index >= 15 is 0 Å². The Kier molecular flexibility index (Phi) is 4.52. The van der Waals surface area contributed by atoms with E-state index in [1.165, 1.54) is 0 Å². The van der Waals surface area contributed by atoms with E-state index in [1.54, 1.807) is 31.3 Å². The average Bonchev–Trinajstić information content (AvgIpc) is 2.50. The molecule has 0 bridgehead atoms. The van der Waals surface area contributed by atoms with Crippen LogP contribution in [-0.4, -0.2) is 28.0 Å². The van der Waals surface area contributed by atoms with E-state index < -0.39 is 17.9 Å². The van der Waals surface area contributed by atoms with Gasteiger partial charge in [0.15, 0.2) is 0 Å². The number of amides is 1. The number of nitrogens with zero attached hydrogens (tertiary/aromatic N) is 1. The lowest BCUT2D eigenvalue weighted by Crippen LogP contribution is -2.45. The SMILES string of the molecule is CCC(C)[C@H](NC(=O)c1cccc2cccnc12)C(=O)O. The van der Waals surface area contributed by atoms with Gasteiger partial charge < -0.3 is 10.4 Å². The van der Waals surface area contributed by atoms with Gasteiger partial charge in [-0.15, -0.1) is 0 Å². The average molecular weight is 286 g/mol. The van der Waals surface area contributed by atoms with Crippen molar-refractivity contribution in [3.63, 3.8) is 0 Å². The molecule has 0 radical (unpaired) electrons. The number of benzene rings is 1. The maximum atomic E-state index is 12.4. The van der Waals surface area contributed by atoms with Gasteiger partial charge in [0.2, 0.25) is 0 Å². The molecule has 0 aliphatic heterocycles. The quantitative estimate of drug-likeness (QED) is 0.885. The zero-order valence-corrected chi connectivity index (χ0v) is 12.0. The number of carbonyl (C=O) groups excluding carboxylic acids is 1. The van der Waals surface area contributed by atoms with Gasteiger partial charge >= 0.3 is 5.97 Å². The largest absolute Gasteiger partial charge is 0.480 e. The minimum absolute atomic E-state index is 0.144. The van der Waals surface area contributed by atoms with Gasteiger partial charge in [0.1, 0.15) is 6.04 Å². The van der Waals surface area contributed by atoms with Crippen LogP contribution in [0.4, 0.5) is 0 Å². The molecule has 1 aromatic carbocycles. The maximum absolute atomic E-state index is 12.4. The van der Waals surface area contributed by atoms with Gasteiger partial charge in [-0.25, -0.2) is 4.79 Å². The first-order valence-corrected chi connectivity index (χ1v) is 6.92. The van der Waals surface area contributed by atoms with Gasteiger partial charge in [0.25, 0.3) is 5.91 Å². The molecule has 2 atom stereocenters. The van der Waals surface area contributed by atoms with Gasteiger partial charge in [-0.3, -0.25) is 9.78 Å². The molecule has 2 aromatic rings. The molecule has 0 aliphatic carbocycles. The summed E-state index contributed by atoms with van der Waals surface area (Å²) in [5.74, 6) is -1.58. The summed E-state index contributed by atoms with van der Waals surface area (Å²) in [6, 6.07) is 8.04. The highest BCUT2D eigenvalue weighted by Gasteiger charge is 2.26. The van der Waals surface area contributed by atoms with Crippen LogP contribution in [0, 0.1) is 5.92 Å². The number of nitrogens with one attached hydrogen (secondary N) is 1.